The first-order valence-corrected chi connectivity index (χ1v) is 8.87. The van der Waals surface area contributed by atoms with Gasteiger partial charge in [-0.2, -0.15) is 0 Å². The van der Waals surface area contributed by atoms with E-state index in [9.17, 15) is 14.4 Å². The molecule has 0 bridgehead atoms. The highest BCUT2D eigenvalue weighted by atomic mass is 16.5. The standard InChI is InChI=1S/C19H24N2O5/c1-25-15-5-3-2-4-14(15)19(8-10-26-11-9-19)13-20-16(22)12-21-17(23)6-7-18(21)24/h2-5H,6-13H2,1H3,(H,20,22). The average Bonchev–Trinajstić information content (AvgIpc) is 2.99. The van der Waals surface area contributed by atoms with Gasteiger partial charge in [0.1, 0.15) is 12.3 Å². The van der Waals surface area contributed by atoms with Crippen LogP contribution in [0.1, 0.15) is 31.2 Å². The fourth-order valence-electron chi connectivity index (χ4n) is 3.65. The molecule has 0 unspecified atom stereocenters. The first kappa shape index (κ1) is 18.4. The van der Waals surface area contributed by atoms with E-state index in [1.54, 1.807) is 7.11 Å². The number of amides is 3. The molecule has 0 spiro atoms. The zero-order valence-corrected chi connectivity index (χ0v) is 15.0. The van der Waals surface area contributed by atoms with Crippen molar-refractivity contribution < 1.29 is 23.9 Å². The van der Waals surface area contributed by atoms with Crippen LogP contribution in [-0.2, 0) is 24.5 Å². The maximum Gasteiger partial charge on any atom is 0.240 e. The lowest BCUT2D eigenvalue weighted by atomic mass is 9.73. The molecule has 0 radical (unpaired) electrons. The zero-order chi connectivity index (χ0) is 18.6. The van der Waals surface area contributed by atoms with Gasteiger partial charge in [0, 0.05) is 43.6 Å². The van der Waals surface area contributed by atoms with Gasteiger partial charge in [-0.1, -0.05) is 18.2 Å². The summed E-state index contributed by atoms with van der Waals surface area (Å²) in [6.07, 6.45) is 1.90. The highest BCUT2D eigenvalue weighted by Crippen LogP contribution is 2.39. The van der Waals surface area contributed by atoms with Crippen molar-refractivity contribution in [3.8, 4) is 5.75 Å². The van der Waals surface area contributed by atoms with E-state index in [1.165, 1.54) is 0 Å². The molecule has 2 aliphatic heterocycles. The van der Waals surface area contributed by atoms with Crippen LogP contribution in [0.4, 0.5) is 0 Å². The third kappa shape index (κ3) is 3.72. The molecule has 1 N–H and O–H groups in total. The largest absolute Gasteiger partial charge is 0.496 e. The number of hydrogen-bond donors (Lipinski definition) is 1. The summed E-state index contributed by atoms with van der Waals surface area (Å²) in [7, 11) is 1.63. The number of benzene rings is 1. The Morgan fingerprint density at radius 3 is 2.50 bits per heavy atom. The molecule has 0 aliphatic carbocycles. The van der Waals surface area contributed by atoms with Crippen molar-refractivity contribution in [3.05, 3.63) is 29.8 Å². The van der Waals surface area contributed by atoms with Crippen LogP contribution in [0, 0.1) is 0 Å². The lowest BCUT2D eigenvalue weighted by Crippen LogP contribution is -2.47. The van der Waals surface area contributed by atoms with E-state index in [4.69, 9.17) is 9.47 Å². The van der Waals surface area contributed by atoms with Crippen molar-refractivity contribution in [3.63, 3.8) is 0 Å². The molecular weight excluding hydrogens is 336 g/mol. The fraction of sp³-hybridized carbons (Fsp3) is 0.526. The molecule has 2 aliphatic rings. The summed E-state index contributed by atoms with van der Waals surface area (Å²) in [5.74, 6) is -0.103. The molecule has 26 heavy (non-hydrogen) atoms. The molecule has 7 nitrogen and oxygen atoms in total. The predicted octanol–water partition coefficient (Wildman–Crippen LogP) is 1.01. The number of nitrogens with zero attached hydrogens (tertiary/aromatic N) is 1. The van der Waals surface area contributed by atoms with Crippen molar-refractivity contribution >= 4 is 17.7 Å². The Kier molecular flexibility index (Phi) is 5.56. The van der Waals surface area contributed by atoms with Crippen molar-refractivity contribution in [2.24, 2.45) is 0 Å². The van der Waals surface area contributed by atoms with Gasteiger partial charge < -0.3 is 14.8 Å². The Bertz CT molecular complexity index is 681. The summed E-state index contributed by atoms with van der Waals surface area (Å²) in [5.41, 5.74) is 0.749. The van der Waals surface area contributed by atoms with Gasteiger partial charge in [0.15, 0.2) is 0 Å². The molecule has 7 heteroatoms. The monoisotopic (exact) mass is 360 g/mol. The second-order valence-corrected chi connectivity index (χ2v) is 6.74. The highest BCUT2D eigenvalue weighted by molar-refractivity contribution is 6.04. The van der Waals surface area contributed by atoms with Crippen LogP contribution >= 0.6 is 0 Å². The maximum absolute atomic E-state index is 12.3. The summed E-state index contributed by atoms with van der Waals surface area (Å²) < 4.78 is 11.0. The topological polar surface area (TPSA) is 84.9 Å². The summed E-state index contributed by atoms with van der Waals surface area (Å²) in [6, 6.07) is 7.80. The van der Waals surface area contributed by atoms with Gasteiger partial charge in [0.25, 0.3) is 0 Å². The SMILES string of the molecule is COc1ccccc1C1(CNC(=O)CN2C(=O)CCC2=O)CCOCC1. The van der Waals surface area contributed by atoms with Crippen LogP contribution in [0.15, 0.2) is 24.3 Å². The molecular formula is C19H24N2O5. The molecule has 1 aromatic rings. The third-order valence-corrected chi connectivity index (χ3v) is 5.21. The Balaban J connectivity index is 1.72. The Morgan fingerprint density at radius 2 is 1.85 bits per heavy atom. The van der Waals surface area contributed by atoms with E-state index in [2.05, 4.69) is 5.32 Å². The lowest BCUT2D eigenvalue weighted by Gasteiger charge is -2.38. The Labute approximate surface area is 152 Å². The molecule has 3 rings (SSSR count). The Hall–Kier alpha value is -2.41. The van der Waals surface area contributed by atoms with Crippen LogP contribution < -0.4 is 10.1 Å². The van der Waals surface area contributed by atoms with Crippen molar-refractivity contribution in [2.45, 2.75) is 31.1 Å². The second kappa shape index (κ2) is 7.86. The number of likely N-dealkylation sites (tertiary alicyclic amines) is 1. The molecule has 2 fully saturated rings. The van der Waals surface area contributed by atoms with Gasteiger partial charge in [0.2, 0.25) is 17.7 Å². The van der Waals surface area contributed by atoms with E-state index in [-0.39, 0.29) is 42.5 Å². The van der Waals surface area contributed by atoms with Crippen LogP contribution in [0.5, 0.6) is 5.75 Å². The van der Waals surface area contributed by atoms with Gasteiger partial charge in [-0.25, -0.2) is 0 Å². The van der Waals surface area contributed by atoms with E-state index in [0.29, 0.717) is 19.8 Å². The highest BCUT2D eigenvalue weighted by Gasteiger charge is 2.37. The van der Waals surface area contributed by atoms with Crippen LogP contribution in [0.2, 0.25) is 0 Å². The van der Waals surface area contributed by atoms with Gasteiger partial charge in [-0.05, 0) is 18.9 Å². The quantitative estimate of drug-likeness (QED) is 0.766. The molecule has 140 valence electrons. The number of imide groups is 1. The molecule has 2 heterocycles. The number of carbonyl (C=O) groups is 3. The van der Waals surface area contributed by atoms with Crippen LogP contribution in [-0.4, -0.2) is 56.0 Å². The maximum atomic E-state index is 12.3. The number of carbonyl (C=O) groups excluding carboxylic acids is 3. The minimum Gasteiger partial charge on any atom is -0.496 e. The third-order valence-electron chi connectivity index (χ3n) is 5.21. The van der Waals surface area contributed by atoms with Crippen molar-refractivity contribution in [1.29, 1.82) is 0 Å². The molecule has 0 aromatic heterocycles. The van der Waals surface area contributed by atoms with E-state index in [0.717, 1.165) is 29.1 Å². The number of hydrogen-bond acceptors (Lipinski definition) is 5. The fourth-order valence-corrected chi connectivity index (χ4v) is 3.65. The minimum absolute atomic E-state index is 0.189. The van der Waals surface area contributed by atoms with Gasteiger partial charge >= 0.3 is 0 Å². The summed E-state index contributed by atoms with van der Waals surface area (Å²) in [4.78, 5) is 36.8. The van der Waals surface area contributed by atoms with E-state index in [1.807, 2.05) is 24.3 Å². The molecule has 1 aromatic carbocycles. The van der Waals surface area contributed by atoms with E-state index < -0.39 is 0 Å². The summed E-state index contributed by atoms with van der Waals surface area (Å²) in [6.45, 7) is 1.41. The summed E-state index contributed by atoms with van der Waals surface area (Å²) in [5, 5.41) is 2.91. The first-order valence-electron chi connectivity index (χ1n) is 8.87. The molecule has 3 amide bonds. The zero-order valence-electron chi connectivity index (χ0n) is 15.0. The number of para-hydroxylation sites is 1. The van der Waals surface area contributed by atoms with Gasteiger partial charge in [0.05, 0.1) is 7.11 Å². The molecule has 0 atom stereocenters. The second-order valence-electron chi connectivity index (χ2n) is 6.74. The lowest BCUT2D eigenvalue weighted by molar-refractivity contribution is -0.142. The molecule has 2 saturated heterocycles. The predicted molar refractivity (Wildman–Crippen MR) is 93.7 cm³/mol. The van der Waals surface area contributed by atoms with Crippen molar-refractivity contribution in [1.82, 2.24) is 10.2 Å². The first-order chi connectivity index (χ1) is 12.6. The van der Waals surface area contributed by atoms with Crippen molar-refractivity contribution in [2.75, 3.05) is 33.4 Å². The normalized spacial score (nSPS) is 19.5. The number of rotatable bonds is 6. The minimum atomic E-state index is -0.325. The van der Waals surface area contributed by atoms with E-state index >= 15 is 0 Å². The number of nitrogens with one attached hydrogen (secondary N) is 1. The smallest absolute Gasteiger partial charge is 0.240 e. The summed E-state index contributed by atoms with van der Waals surface area (Å²) >= 11 is 0. The van der Waals surface area contributed by atoms with Gasteiger partial charge in [-0.3, -0.25) is 19.3 Å². The van der Waals surface area contributed by atoms with Gasteiger partial charge in [-0.15, -0.1) is 0 Å². The van der Waals surface area contributed by atoms with Crippen LogP contribution in [0.3, 0.4) is 0 Å². The Morgan fingerprint density at radius 1 is 1.19 bits per heavy atom. The average molecular weight is 360 g/mol. The number of ether oxygens (including phenoxy) is 2. The van der Waals surface area contributed by atoms with Crippen LogP contribution in [0.25, 0.3) is 0 Å². The molecule has 0 saturated carbocycles. The number of methoxy groups -OCH3 is 1.